The molecule has 4 saturated carbocycles. The molecule has 1 heterocycles. The molecule has 25 heavy (non-hydrogen) atoms. The second kappa shape index (κ2) is 5.42. The number of primary amides is 1. The van der Waals surface area contributed by atoms with Crippen molar-refractivity contribution in [1.82, 2.24) is 5.16 Å². The lowest BCUT2D eigenvalue weighted by atomic mass is 9.45. The number of nitrogens with zero attached hydrogens (tertiary/aromatic N) is 1. The summed E-state index contributed by atoms with van der Waals surface area (Å²) in [4.78, 5) is 24.8. The van der Waals surface area contributed by atoms with Crippen LogP contribution >= 0.6 is 0 Å². The Kier molecular flexibility index (Phi) is 3.64. The topological polar surface area (TPSA) is 86.2 Å². The number of carbonyl (C=O) groups excluding carboxylic acids is 2. The van der Waals surface area contributed by atoms with Crippen LogP contribution in [0.2, 0.25) is 0 Å². The second-order valence-corrected chi connectivity index (χ2v) is 9.73. The van der Waals surface area contributed by atoms with Gasteiger partial charge in [-0.2, -0.15) is 0 Å². The van der Waals surface area contributed by atoms with Gasteiger partial charge in [-0.15, -0.1) is 0 Å². The minimum absolute atomic E-state index is 0.0739. The molecule has 4 fully saturated rings. The molecule has 1 amide bonds. The molecule has 136 valence electrons. The van der Waals surface area contributed by atoms with Crippen LogP contribution in [0.15, 0.2) is 10.6 Å². The monoisotopic (exact) mass is 344 g/mol. The Morgan fingerprint density at radius 3 is 2.40 bits per heavy atom. The van der Waals surface area contributed by atoms with Gasteiger partial charge in [0.2, 0.25) is 5.91 Å². The van der Waals surface area contributed by atoms with E-state index in [1.807, 2.05) is 20.8 Å². The van der Waals surface area contributed by atoms with Crippen LogP contribution < -0.4 is 5.73 Å². The van der Waals surface area contributed by atoms with E-state index in [1.165, 1.54) is 0 Å². The molecule has 1 aromatic heterocycles. The molecular formula is C20H28N2O3. The highest BCUT2D eigenvalue weighted by molar-refractivity contribution is 5.94. The van der Waals surface area contributed by atoms with Crippen LogP contribution in [-0.2, 0) is 10.2 Å². The first-order valence-corrected chi connectivity index (χ1v) is 9.48. The molecule has 5 heteroatoms. The zero-order chi connectivity index (χ0) is 18.0. The van der Waals surface area contributed by atoms with E-state index < -0.39 is 0 Å². The van der Waals surface area contributed by atoms with Crippen molar-refractivity contribution in [2.75, 3.05) is 0 Å². The lowest BCUT2D eigenvalue weighted by Gasteiger charge is -2.58. The first-order chi connectivity index (χ1) is 11.7. The maximum absolute atomic E-state index is 12.8. The van der Waals surface area contributed by atoms with Crippen LogP contribution in [-0.4, -0.2) is 16.8 Å². The van der Waals surface area contributed by atoms with E-state index in [9.17, 15) is 9.59 Å². The van der Waals surface area contributed by atoms with E-state index in [1.54, 1.807) is 6.07 Å². The number of hydrogen-bond acceptors (Lipinski definition) is 4. The van der Waals surface area contributed by atoms with Gasteiger partial charge in [-0.3, -0.25) is 9.59 Å². The Morgan fingerprint density at radius 1 is 1.24 bits per heavy atom. The highest BCUT2D eigenvalue weighted by atomic mass is 16.5. The SMILES string of the molecule is CC(C)(C)c1cc(C(=O)CC2C3CC4CC2CC(C(N)=O)(C4)C3)no1. The van der Waals surface area contributed by atoms with Gasteiger partial charge in [0, 0.05) is 23.3 Å². The number of hydrogen-bond donors (Lipinski definition) is 1. The fraction of sp³-hybridized carbons (Fsp3) is 0.750. The van der Waals surface area contributed by atoms with Gasteiger partial charge in [0.05, 0.1) is 0 Å². The third-order valence-corrected chi connectivity index (χ3v) is 6.95. The second-order valence-electron chi connectivity index (χ2n) is 9.73. The van der Waals surface area contributed by atoms with Crippen molar-refractivity contribution in [3.63, 3.8) is 0 Å². The van der Waals surface area contributed by atoms with Crippen molar-refractivity contribution in [3.8, 4) is 0 Å². The molecule has 0 aliphatic heterocycles. The Balaban J connectivity index is 1.50. The van der Waals surface area contributed by atoms with Gasteiger partial charge in [-0.25, -0.2) is 0 Å². The molecule has 4 aliphatic rings. The summed E-state index contributed by atoms with van der Waals surface area (Å²) in [5.74, 6) is 2.59. The molecular weight excluding hydrogens is 316 g/mol. The van der Waals surface area contributed by atoms with Crippen LogP contribution in [0.5, 0.6) is 0 Å². The minimum Gasteiger partial charge on any atom is -0.369 e. The molecule has 1 aromatic rings. The molecule has 0 saturated heterocycles. The van der Waals surface area contributed by atoms with Gasteiger partial charge < -0.3 is 10.3 Å². The van der Waals surface area contributed by atoms with Gasteiger partial charge in [-0.1, -0.05) is 25.9 Å². The molecule has 4 bridgehead atoms. The molecule has 2 unspecified atom stereocenters. The molecule has 4 aliphatic carbocycles. The van der Waals surface area contributed by atoms with Crippen molar-refractivity contribution in [1.29, 1.82) is 0 Å². The number of nitrogens with two attached hydrogens (primary N) is 1. The van der Waals surface area contributed by atoms with Crippen LogP contribution in [0.25, 0.3) is 0 Å². The normalized spacial score (nSPS) is 36.6. The lowest BCUT2D eigenvalue weighted by Crippen LogP contribution is -2.56. The number of rotatable bonds is 4. The third-order valence-electron chi connectivity index (χ3n) is 6.95. The Hall–Kier alpha value is -1.65. The first-order valence-electron chi connectivity index (χ1n) is 9.48. The van der Waals surface area contributed by atoms with E-state index in [0.717, 1.165) is 37.9 Å². The Labute approximate surface area is 148 Å². The summed E-state index contributed by atoms with van der Waals surface area (Å²) >= 11 is 0. The predicted octanol–water partition coefficient (Wildman–Crippen LogP) is 3.47. The highest BCUT2D eigenvalue weighted by Gasteiger charge is 2.57. The summed E-state index contributed by atoms with van der Waals surface area (Å²) in [5, 5.41) is 4.01. The zero-order valence-corrected chi connectivity index (χ0v) is 15.4. The summed E-state index contributed by atoms with van der Waals surface area (Å²) in [7, 11) is 0. The van der Waals surface area contributed by atoms with Gasteiger partial charge >= 0.3 is 0 Å². The standard InChI is InChI=1S/C20H28N2O3/c1-19(2,3)17-7-15(22-25-17)16(23)6-14-12-4-11-5-13(14)10-20(8-11,9-12)18(21)24/h7,11-14H,4-6,8-10H2,1-3H3,(H2,21,24). The third kappa shape index (κ3) is 2.72. The fourth-order valence-electron chi connectivity index (χ4n) is 5.84. The van der Waals surface area contributed by atoms with Crippen molar-refractivity contribution in [2.24, 2.45) is 34.8 Å². The summed E-state index contributed by atoms with van der Waals surface area (Å²) in [6.45, 7) is 6.13. The lowest BCUT2D eigenvalue weighted by molar-refractivity contribution is -0.149. The summed E-state index contributed by atoms with van der Waals surface area (Å²) in [6.07, 6.45) is 5.53. The molecule has 0 spiro atoms. The van der Waals surface area contributed by atoms with Gasteiger partial charge in [-0.05, 0) is 55.8 Å². The maximum Gasteiger partial charge on any atom is 0.223 e. The summed E-state index contributed by atoms with van der Waals surface area (Å²) < 4.78 is 5.37. The Bertz CT molecular complexity index is 699. The molecule has 0 aromatic carbocycles. The smallest absolute Gasteiger partial charge is 0.223 e. The van der Waals surface area contributed by atoms with Crippen LogP contribution in [0.1, 0.15) is 75.5 Å². The highest BCUT2D eigenvalue weighted by Crippen LogP contribution is 2.62. The molecule has 0 radical (unpaired) electrons. The van der Waals surface area contributed by atoms with Gasteiger partial charge in [0.25, 0.3) is 0 Å². The van der Waals surface area contributed by atoms with Crippen molar-refractivity contribution >= 4 is 11.7 Å². The summed E-state index contributed by atoms with van der Waals surface area (Å²) in [6, 6.07) is 1.79. The van der Waals surface area contributed by atoms with E-state index >= 15 is 0 Å². The van der Waals surface area contributed by atoms with Gasteiger partial charge in [0.1, 0.15) is 11.5 Å². The number of Topliss-reactive ketones (excluding diaryl/α,β-unsaturated/α-hetero) is 1. The average Bonchev–Trinajstić information content (AvgIpc) is 3.00. The molecule has 2 atom stereocenters. The summed E-state index contributed by atoms with van der Waals surface area (Å²) in [5.41, 5.74) is 5.75. The largest absolute Gasteiger partial charge is 0.369 e. The zero-order valence-electron chi connectivity index (χ0n) is 15.4. The maximum atomic E-state index is 12.8. The molecule has 2 N–H and O–H groups in total. The van der Waals surface area contributed by atoms with E-state index in [2.05, 4.69) is 5.16 Å². The van der Waals surface area contributed by atoms with Crippen molar-refractivity contribution in [3.05, 3.63) is 17.5 Å². The van der Waals surface area contributed by atoms with Crippen LogP contribution in [0, 0.1) is 29.1 Å². The van der Waals surface area contributed by atoms with E-state index in [0.29, 0.717) is 35.8 Å². The number of aromatic nitrogens is 1. The number of amides is 1. The predicted molar refractivity (Wildman–Crippen MR) is 92.8 cm³/mol. The Morgan fingerprint density at radius 2 is 1.88 bits per heavy atom. The quantitative estimate of drug-likeness (QED) is 0.847. The van der Waals surface area contributed by atoms with Gasteiger partial charge in [0.15, 0.2) is 5.78 Å². The van der Waals surface area contributed by atoms with Crippen molar-refractivity contribution < 1.29 is 14.1 Å². The minimum atomic E-state index is -0.288. The number of ketones is 1. The molecule has 5 nitrogen and oxygen atoms in total. The van der Waals surface area contributed by atoms with Crippen molar-refractivity contribution in [2.45, 2.75) is 64.7 Å². The van der Waals surface area contributed by atoms with Crippen LogP contribution in [0.4, 0.5) is 0 Å². The number of carbonyl (C=O) groups is 2. The average molecular weight is 344 g/mol. The molecule has 5 rings (SSSR count). The van der Waals surface area contributed by atoms with Crippen LogP contribution in [0.3, 0.4) is 0 Å². The van der Waals surface area contributed by atoms with E-state index in [-0.39, 0.29) is 22.5 Å². The fourth-order valence-corrected chi connectivity index (χ4v) is 5.84. The first kappa shape index (κ1) is 16.8. The van der Waals surface area contributed by atoms with E-state index in [4.69, 9.17) is 10.3 Å².